The van der Waals surface area contributed by atoms with Crippen LogP contribution in [0, 0.1) is 19.8 Å². The molecule has 1 aromatic rings. The van der Waals surface area contributed by atoms with Crippen molar-refractivity contribution >= 4 is 11.6 Å². The second-order valence-electron chi connectivity index (χ2n) is 5.79. The highest BCUT2D eigenvalue weighted by atomic mass is 16.2. The molecule has 1 N–H and O–H groups in total. The van der Waals surface area contributed by atoms with Crippen molar-refractivity contribution in [3.63, 3.8) is 0 Å². The number of anilines is 1. The molecule has 1 fully saturated rings. The first-order valence-corrected chi connectivity index (χ1v) is 7.05. The third kappa shape index (κ3) is 3.57. The van der Waals surface area contributed by atoms with Gasteiger partial charge in [-0.15, -0.1) is 0 Å². The molecule has 0 radical (unpaired) electrons. The van der Waals surface area contributed by atoms with E-state index in [0.29, 0.717) is 12.6 Å². The normalized spacial score (nSPS) is 16.5. The van der Waals surface area contributed by atoms with E-state index < -0.39 is 0 Å². The van der Waals surface area contributed by atoms with E-state index in [-0.39, 0.29) is 5.91 Å². The summed E-state index contributed by atoms with van der Waals surface area (Å²) < 4.78 is 0. The molecule has 19 heavy (non-hydrogen) atoms. The number of benzene rings is 1. The molecule has 2 rings (SSSR count). The third-order valence-electron chi connectivity index (χ3n) is 4.27. The van der Waals surface area contributed by atoms with Crippen LogP contribution in [-0.2, 0) is 4.79 Å². The molecular formula is C16H24N2O. The van der Waals surface area contributed by atoms with Crippen molar-refractivity contribution in [3.8, 4) is 0 Å². The van der Waals surface area contributed by atoms with Crippen LogP contribution in [0.15, 0.2) is 18.2 Å². The van der Waals surface area contributed by atoms with Gasteiger partial charge < -0.3 is 5.32 Å². The molecular weight excluding hydrogens is 236 g/mol. The predicted octanol–water partition coefficient (Wildman–Crippen LogP) is 2.97. The molecule has 1 saturated carbocycles. The zero-order valence-corrected chi connectivity index (χ0v) is 12.4. The number of nitrogens with one attached hydrogen (secondary N) is 1. The Hall–Kier alpha value is -1.35. The first-order chi connectivity index (χ1) is 8.99. The molecule has 1 atom stereocenters. The highest BCUT2D eigenvalue weighted by Gasteiger charge is 2.30. The SMILES string of the molecule is Cc1cccc(NC(=O)CN(C)C(C)C2CC2)c1C. The van der Waals surface area contributed by atoms with Gasteiger partial charge in [0.25, 0.3) is 0 Å². The lowest BCUT2D eigenvalue weighted by Crippen LogP contribution is -2.37. The topological polar surface area (TPSA) is 32.3 Å². The molecule has 0 heterocycles. The van der Waals surface area contributed by atoms with E-state index in [2.05, 4.69) is 30.1 Å². The van der Waals surface area contributed by atoms with Crippen LogP contribution in [0.5, 0.6) is 0 Å². The van der Waals surface area contributed by atoms with Crippen LogP contribution in [0.25, 0.3) is 0 Å². The number of likely N-dealkylation sites (N-methyl/N-ethyl adjacent to an activating group) is 1. The van der Waals surface area contributed by atoms with Crippen molar-refractivity contribution in [2.45, 2.75) is 39.7 Å². The number of hydrogen-bond donors (Lipinski definition) is 1. The van der Waals surface area contributed by atoms with Gasteiger partial charge in [0.1, 0.15) is 0 Å². The quantitative estimate of drug-likeness (QED) is 0.882. The summed E-state index contributed by atoms with van der Waals surface area (Å²) in [6.45, 7) is 6.78. The number of carbonyl (C=O) groups excluding carboxylic acids is 1. The standard InChI is InChI=1S/C16H24N2O/c1-11-6-5-7-15(12(11)2)17-16(19)10-18(4)13(3)14-8-9-14/h5-7,13-14H,8-10H2,1-4H3,(H,17,19). The average Bonchev–Trinajstić information content (AvgIpc) is 3.18. The molecule has 3 heteroatoms. The van der Waals surface area contributed by atoms with Crippen LogP contribution in [0.2, 0.25) is 0 Å². The fourth-order valence-corrected chi connectivity index (χ4v) is 2.39. The predicted molar refractivity (Wildman–Crippen MR) is 79.4 cm³/mol. The van der Waals surface area contributed by atoms with E-state index in [0.717, 1.165) is 17.2 Å². The first-order valence-electron chi connectivity index (χ1n) is 7.05. The van der Waals surface area contributed by atoms with Crippen LogP contribution in [-0.4, -0.2) is 30.4 Å². The number of amides is 1. The van der Waals surface area contributed by atoms with E-state index in [1.54, 1.807) is 0 Å². The minimum absolute atomic E-state index is 0.0729. The summed E-state index contributed by atoms with van der Waals surface area (Å²) in [6.07, 6.45) is 2.62. The molecule has 0 aromatic heterocycles. The monoisotopic (exact) mass is 260 g/mol. The molecule has 0 spiro atoms. The van der Waals surface area contributed by atoms with Crippen molar-refractivity contribution in [2.75, 3.05) is 18.9 Å². The summed E-state index contributed by atoms with van der Waals surface area (Å²) >= 11 is 0. The molecule has 104 valence electrons. The van der Waals surface area contributed by atoms with Gasteiger partial charge in [0.2, 0.25) is 5.91 Å². The number of rotatable bonds is 5. The Morgan fingerprint density at radius 3 is 2.74 bits per heavy atom. The first kappa shape index (κ1) is 14.1. The summed E-state index contributed by atoms with van der Waals surface area (Å²) in [5, 5.41) is 3.02. The highest BCUT2D eigenvalue weighted by molar-refractivity contribution is 5.93. The van der Waals surface area contributed by atoms with Crippen molar-refractivity contribution in [1.82, 2.24) is 4.90 Å². The van der Waals surface area contributed by atoms with Gasteiger partial charge in [0.15, 0.2) is 0 Å². The summed E-state index contributed by atoms with van der Waals surface area (Å²) in [6, 6.07) is 6.51. The number of carbonyl (C=O) groups is 1. The largest absolute Gasteiger partial charge is 0.325 e. The van der Waals surface area contributed by atoms with Gasteiger partial charge in [0.05, 0.1) is 6.54 Å². The Labute approximate surface area is 116 Å². The highest BCUT2D eigenvalue weighted by Crippen LogP contribution is 2.34. The minimum atomic E-state index is 0.0729. The molecule has 1 aromatic carbocycles. The molecule has 1 aliphatic rings. The maximum Gasteiger partial charge on any atom is 0.238 e. The molecule has 0 bridgehead atoms. The van der Waals surface area contributed by atoms with Crippen molar-refractivity contribution in [3.05, 3.63) is 29.3 Å². The van der Waals surface area contributed by atoms with Gasteiger partial charge in [-0.1, -0.05) is 12.1 Å². The Morgan fingerprint density at radius 1 is 1.42 bits per heavy atom. The lowest BCUT2D eigenvalue weighted by atomic mass is 10.1. The van der Waals surface area contributed by atoms with E-state index in [1.807, 2.05) is 26.1 Å². The number of nitrogens with zero attached hydrogens (tertiary/aromatic N) is 1. The van der Waals surface area contributed by atoms with E-state index >= 15 is 0 Å². The van der Waals surface area contributed by atoms with Crippen LogP contribution in [0.4, 0.5) is 5.69 Å². The van der Waals surface area contributed by atoms with Gasteiger partial charge >= 0.3 is 0 Å². The summed E-state index contributed by atoms with van der Waals surface area (Å²) in [7, 11) is 2.03. The molecule has 0 aliphatic heterocycles. The lowest BCUT2D eigenvalue weighted by molar-refractivity contribution is -0.117. The van der Waals surface area contributed by atoms with E-state index in [4.69, 9.17) is 0 Å². The van der Waals surface area contributed by atoms with Crippen LogP contribution < -0.4 is 5.32 Å². The van der Waals surface area contributed by atoms with Crippen LogP contribution in [0.1, 0.15) is 30.9 Å². The van der Waals surface area contributed by atoms with Crippen molar-refractivity contribution in [1.29, 1.82) is 0 Å². The van der Waals surface area contributed by atoms with Gasteiger partial charge in [-0.3, -0.25) is 9.69 Å². The fraction of sp³-hybridized carbons (Fsp3) is 0.562. The third-order valence-corrected chi connectivity index (χ3v) is 4.27. The van der Waals surface area contributed by atoms with E-state index in [1.165, 1.54) is 18.4 Å². The lowest BCUT2D eigenvalue weighted by Gasteiger charge is -2.24. The van der Waals surface area contributed by atoms with Crippen LogP contribution in [0.3, 0.4) is 0 Å². The van der Waals surface area contributed by atoms with Gasteiger partial charge in [-0.25, -0.2) is 0 Å². The molecule has 3 nitrogen and oxygen atoms in total. The van der Waals surface area contributed by atoms with E-state index in [9.17, 15) is 4.79 Å². The molecule has 1 amide bonds. The molecule has 1 aliphatic carbocycles. The Kier molecular flexibility index (Phi) is 4.25. The zero-order valence-electron chi connectivity index (χ0n) is 12.4. The Bertz CT molecular complexity index is 466. The second-order valence-corrected chi connectivity index (χ2v) is 5.79. The van der Waals surface area contributed by atoms with Crippen LogP contribution >= 0.6 is 0 Å². The smallest absolute Gasteiger partial charge is 0.238 e. The second kappa shape index (κ2) is 5.74. The maximum absolute atomic E-state index is 12.1. The maximum atomic E-state index is 12.1. The molecule has 1 unspecified atom stereocenters. The number of hydrogen-bond acceptors (Lipinski definition) is 2. The molecule has 0 saturated heterocycles. The van der Waals surface area contributed by atoms with Gasteiger partial charge in [-0.2, -0.15) is 0 Å². The Morgan fingerprint density at radius 2 is 2.11 bits per heavy atom. The Balaban J connectivity index is 1.91. The average molecular weight is 260 g/mol. The fourth-order valence-electron chi connectivity index (χ4n) is 2.39. The minimum Gasteiger partial charge on any atom is -0.325 e. The van der Waals surface area contributed by atoms with Crippen molar-refractivity contribution < 1.29 is 4.79 Å². The zero-order chi connectivity index (χ0) is 14.0. The summed E-state index contributed by atoms with van der Waals surface area (Å²) in [4.78, 5) is 14.2. The number of aryl methyl sites for hydroxylation is 1. The van der Waals surface area contributed by atoms with Gasteiger partial charge in [-0.05, 0) is 63.8 Å². The summed E-state index contributed by atoms with van der Waals surface area (Å²) in [5.74, 6) is 0.863. The van der Waals surface area contributed by atoms with Crippen molar-refractivity contribution in [2.24, 2.45) is 5.92 Å². The summed E-state index contributed by atoms with van der Waals surface area (Å²) in [5.41, 5.74) is 3.28. The van der Waals surface area contributed by atoms with Gasteiger partial charge in [0, 0.05) is 11.7 Å².